The van der Waals surface area contributed by atoms with E-state index in [1.807, 2.05) is 6.08 Å². The zero-order valence-electron chi connectivity index (χ0n) is 23.5. The molecule has 2 aromatic rings. The number of hydrogen-bond acceptors (Lipinski definition) is 5. The summed E-state index contributed by atoms with van der Waals surface area (Å²) in [5, 5.41) is 7.35. The Morgan fingerprint density at radius 1 is 0.929 bits per heavy atom. The molecule has 8 nitrogen and oxygen atoms in total. The molecule has 42 heavy (non-hydrogen) atoms. The van der Waals surface area contributed by atoms with Crippen molar-refractivity contribution in [2.24, 2.45) is 16.7 Å². The van der Waals surface area contributed by atoms with Gasteiger partial charge in [-0.15, -0.1) is 0 Å². The zero-order chi connectivity index (χ0) is 29.5. The minimum Gasteiger partial charge on any atom is -0.355 e. The number of anilines is 1. The second-order valence-corrected chi connectivity index (χ2v) is 14.9. The summed E-state index contributed by atoms with van der Waals surface area (Å²) in [5.74, 6) is -0.112. The monoisotopic (exact) mass is 630 g/mol. The second kappa shape index (κ2) is 11.5. The van der Waals surface area contributed by atoms with Gasteiger partial charge in [0.1, 0.15) is 0 Å². The molecule has 11 heteroatoms. The van der Waals surface area contributed by atoms with Crippen molar-refractivity contribution in [1.29, 1.82) is 0 Å². The molecule has 2 spiro atoms. The molecule has 2 saturated heterocycles. The highest BCUT2D eigenvalue weighted by Crippen LogP contribution is 2.52. The third kappa shape index (κ3) is 5.34. The fourth-order valence-electron chi connectivity index (χ4n) is 7.05. The van der Waals surface area contributed by atoms with E-state index in [2.05, 4.69) is 10.6 Å². The molecule has 224 valence electrons. The van der Waals surface area contributed by atoms with E-state index in [9.17, 15) is 18.0 Å². The van der Waals surface area contributed by atoms with Gasteiger partial charge in [0.25, 0.3) is 15.9 Å². The van der Waals surface area contributed by atoms with E-state index in [0.717, 1.165) is 32.4 Å². The van der Waals surface area contributed by atoms with Crippen LogP contribution in [-0.2, 0) is 14.8 Å². The number of nitrogens with one attached hydrogen (secondary N) is 2. The van der Waals surface area contributed by atoms with Gasteiger partial charge in [0.2, 0.25) is 5.91 Å². The fraction of sp³-hybridized carbons (Fsp3) is 0.484. The number of rotatable bonds is 1. The van der Waals surface area contributed by atoms with Gasteiger partial charge in [-0.2, -0.15) is 0 Å². The molecule has 1 atom stereocenters. The van der Waals surface area contributed by atoms with E-state index >= 15 is 0 Å². The highest BCUT2D eigenvalue weighted by Gasteiger charge is 2.52. The lowest BCUT2D eigenvalue weighted by Gasteiger charge is -2.43. The molecule has 0 radical (unpaired) electrons. The third-order valence-electron chi connectivity index (χ3n) is 9.82. The van der Waals surface area contributed by atoms with Gasteiger partial charge in [0.15, 0.2) is 0 Å². The quantitative estimate of drug-likeness (QED) is 0.438. The predicted molar refractivity (Wildman–Crippen MR) is 164 cm³/mol. The molecule has 0 aromatic heterocycles. The molecule has 1 saturated carbocycles. The first-order chi connectivity index (χ1) is 20.1. The smallest absolute Gasteiger partial charge is 0.264 e. The molecule has 2 N–H and O–H groups in total. The molecule has 1 unspecified atom stereocenters. The molecular formula is C31H36Cl2N4O4S. The maximum atomic E-state index is 14.1. The minimum absolute atomic E-state index is 0.0105. The first kappa shape index (κ1) is 29.5. The molecular weight excluding hydrogens is 595 g/mol. The number of carbonyl (C=O) groups is 2. The SMILES string of the molecule is O=C1c2cc(ccc2Cl)S(=O)(=O)N(c2ccc(Cl)cc2)C/C=C/CC2(CCNCC2)C(=O)NCC2CN1CC21CCC1. The van der Waals surface area contributed by atoms with Crippen molar-refractivity contribution in [2.45, 2.75) is 43.4 Å². The summed E-state index contributed by atoms with van der Waals surface area (Å²) >= 11 is 12.6. The van der Waals surface area contributed by atoms with E-state index < -0.39 is 15.4 Å². The summed E-state index contributed by atoms with van der Waals surface area (Å²) in [6, 6.07) is 10.9. The minimum atomic E-state index is -4.09. The van der Waals surface area contributed by atoms with E-state index in [1.165, 1.54) is 22.5 Å². The summed E-state index contributed by atoms with van der Waals surface area (Å²) in [6.07, 6.45) is 8.77. The number of halogens is 2. The van der Waals surface area contributed by atoms with Crippen LogP contribution in [0.1, 0.15) is 48.9 Å². The number of fused-ring (bicyclic) bond motifs is 5. The molecule has 2 aromatic carbocycles. The highest BCUT2D eigenvalue weighted by atomic mass is 35.5. The number of amides is 2. The van der Waals surface area contributed by atoms with E-state index in [1.54, 1.807) is 35.2 Å². The van der Waals surface area contributed by atoms with Gasteiger partial charge in [0, 0.05) is 30.6 Å². The van der Waals surface area contributed by atoms with Gasteiger partial charge in [-0.1, -0.05) is 41.8 Å². The zero-order valence-corrected chi connectivity index (χ0v) is 25.8. The van der Waals surface area contributed by atoms with Crippen molar-refractivity contribution in [2.75, 3.05) is 43.6 Å². The van der Waals surface area contributed by atoms with Gasteiger partial charge < -0.3 is 15.5 Å². The molecule has 2 amide bonds. The number of benzene rings is 2. The number of sulfonamides is 1. The summed E-state index contributed by atoms with van der Waals surface area (Å²) in [5.41, 5.74) is 0.00701. The normalized spacial score (nSPS) is 26.0. The highest BCUT2D eigenvalue weighted by molar-refractivity contribution is 7.92. The lowest BCUT2D eigenvalue weighted by atomic mass is 9.63. The van der Waals surface area contributed by atoms with Crippen LogP contribution in [0.15, 0.2) is 59.5 Å². The van der Waals surface area contributed by atoms with Crippen molar-refractivity contribution in [1.82, 2.24) is 15.5 Å². The Hall–Kier alpha value is -2.59. The van der Waals surface area contributed by atoms with Crippen molar-refractivity contribution in [3.8, 4) is 0 Å². The Morgan fingerprint density at radius 3 is 2.36 bits per heavy atom. The van der Waals surface area contributed by atoms with Gasteiger partial charge in [0.05, 0.1) is 33.1 Å². The van der Waals surface area contributed by atoms with Crippen LogP contribution in [0.2, 0.25) is 10.0 Å². The van der Waals surface area contributed by atoms with Crippen molar-refractivity contribution in [3.63, 3.8) is 0 Å². The van der Waals surface area contributed by atoms with Crippen LogP contribution in [0.25, 0.3) is 0 Å². The summed E-state index contributed by atoms with van der Waals surface area (Å²) in [4.78, 5) is 29.5. The first-order valence-corrected chi connectivity index (χ1v) is 16.8. The van der Waals surface area contributed by atoms with Gasteiger partial charge in [-0.3, -0.25) is 13.9 Å². The molecule has 3 aliphatic heterocycles. The number of carbonyl (C=O) groups excluding carboxylic acids is 2. The molecule has 3 fully saturated rings. The van der Waals surface area contributed by atoms with Gasteiger partial charge in [-0.25, -0.2) is 8.42 Å². The van der Waals surface area contributed by atoms with E-state index in [0.29, 0.717) is 49.6 Å². The van der Waals surface area contributed by atoms with Crippen LogP contribution in [-0.4, -0.2) is 64.4 Å². The number of nitrogens with zero attached hydrogens (tertiary/aromatic N) is 2. The maximum Gasteiger partial charge on any atom is 0.264 e. The number of allylic oxidation sites excluding steroid dienone is 1. The average molecular weight is 632 g/mol. The summed E-state index contributed by atoms with van der Waals surface area (Å²) < 4.78 is 29.6. The molecule has 3 heterocycles. The van der Waals surface area contributed by atoms with E-state index in [4.69, 9.17) is 23.2 Å². The summed E-state index contributed by atoms with van der Waals surface area (Å²) in [6.45, 7) is 3.14. The number of hydrogen-bond donors (Lipinski definition) is 2. The number of piperidine rings is 1. The van der Waals surface area contributed by atoms with Crippen molar-refractivity contribution < 1.29 is 18.0 Å². The van der Waals surface area contributed by atoms with Gasteiger partial charge in [-0.05, 0) is 93.1 Å². The maximum absolute atomic E-state index is 14.1. The molecule has 6 rings (SSSR count). The van der Waals surface area contributed by atoms with Crippen LogP contribution < -0.4 is 14.9 Å². The largest absolute Gasteiger partial charge is 0.355 e. The standard InChI is InChI=1S/C31H36Cl2N4O4S/c32-23-4-6-24(7-5-23)37-17-2-1-10-30(13-15-34-16-14-30)29(39)35-19-22-20-36(21-31(22)11-3-12-31)28(38)26-18-25(42(37,40)41)8-9-27(26)33/h1-2,4-9,18,22,34H,3,10-17,19-21H2,(H,35,39)/b2-1+. The Kier molecular flexibility index (Phi) is 8.06. The Morgan fingerprint density at radius 2 is 1.67 bits per heavy atom. The lowest BCUT2D eigenvalue weighted by Crippen LogP contribution is -2.50. The lowest BCUT2D eigenvalue weighted by molar-refractivity contribution is -0.132. The predicted octanol–water partition coefficient (Wildman–Crippen LogP) is 4.88. The fourth-order valence-corrected chi connectivity index (χ4v) is 8.82. The van der Waals surface area contributed by atoms with Crippen molar-refractivity contribution in [3.05, 3.63) is 70.2 Å². The van der Waals surface area contributed by atoms with Gasteiger partial charge >= 0.3 is 0 Å². The van der Waals surface area contributed by atoms with Crippen LogP contribution in [0, 0.1) is 16.7 Å². The van der Waals surface area contributed by atoms with E-state index in [-0.39, 0.29) is 45.2 Å². The Labute approximate surface area is 257 Å². The average Bonchev–Trinajstić information content (AvgIpc) is 3.37. The second-order valence-electron chi connectivity index (χ2n) is 12.2. The topological polar surface area (TPSA) is 98.8 Å². The molecule has 4 aliphatic rings. The van der Waals surface area contributed by atoms with Crippen molar-refractivity contribution >= 4 is 50.7 Å². The third-order valence-corrected chi connectivity index (χ3v) is 12.2. The van der Waals surface area contributed by atoms with Crippen LogP contribution in [0.4, 0.5) is 5.69 Å². The van der Waals surface area contributed by atoms with Crippen LogP contribution in [0.3, 0.4) is 0 Å². The summed E-state index contributed by atoms with van der Waals surface area (Å²) in [7, 11) is -4.09. The van der Waals surface area contributed by atoms with Crippen LogP contribution >= 0.6 is 23.2 Å². The Bertz CT molecular complexity index is 1500. The first-order valence-electron chi connectivity index (χ1n) is 14.6. The molecule has 4 bridgehead atoms. The molecule has 1 aliphatic carbocycles. The van der Waals surface area contributed by atoms with Crippen LogP contribution in [0.5, 0.6) is 0 Å². The Balaban J connectivity index is 1.43.